The van der Waals surface area contributed by atoms with E-state index < -0.39 is 5.60 Å². The Morgan fingerprint density at radius 2 is 1.94 bits per heavy atom. The molecular formula is C16H22O2. The molecule has 0 fully saturated rings. The van der Waals surface area contributed by atoms with E-state index in [-0.39, 0.29) is 5.75 Å². The molecule has 0 unspecified atom stereocenters. The van der Waals surface area contributed by atoms with Gasteiger partial charge in [0, 0.05) is 0 Å². The number of aliphatic hydroxyl groups is 1. The third-order valence-corrected chi connectivity index (χ3v) is 3.28. The van der Waals surface area contributed by atoms with Crippen molar-refractivity contribution in [3.05, 3.63) is 48.1 Å². The summed E-state index contributed by atoms with van der Waals surface area (Å²) in [5.41, 5.74) is 1.32. The molecule has 18 heavy (non-hydrogen) atoms. The molecule has 2 heteroatoms. The van der Waals surface area contributed by atoms with E-state index in [9.17, 15) is 10.2 Å². The van der Waals surface area contributed by atoms with Crippen LogP contribution < -0.4 is 0 Å². The third kappa shape index (κ3) is 4.04. The van der Waals surface area contributed by atoms with Crippen molar-refractivity contribution in [2.45, 2.75) is 39.2 Å². The molecule has 0 bridgehead atoms. The zero-order chi connectivity index (χ0) is 13.6. The van der Waals surface area contributed by atoms with E-state index in [4.69, 9.17) is 0 Å². The molecule has 0 amide bonds. The van der Waals surface area contributed by atoms with Gasteiger partial charge in [-0.1, -0.05) is 44.2 Å². The lowest BCUT2D eigenvalue weighted by Gasteiger charge is -2.19. The maximum atomic E-state index is 10.1. The Kier molecular flexibility index (Phi) is 5.17. The molecule has 0 aliphatic heterocycles. The molecule has 0 atom stereocenters. The highest BCUT2D eigenvalue weighted by atomic mass is 16.3. The van der Waals surface area contributed by atoms with Gasteiger partial charge in [0.2, 0.25) is 0 Å². The van der Waals surface area contributed by atoms with Gasteiger partial charge in [-0.2, -0.15) is 0 Å². The van der Waals surface area contributed by atoms with Gasteiger partial charge in [0.25, 0.3) is 0 Å². The largest absolute Gasteiger partial charge is 0.508 e. The first-order chi connectivity index (χ1) is 8.50. The Balaban J connectivity index is 2.82. The van der Waals surface area contributed by atoms with Crippen LogP contribution >= 0.6 is 0 Å². The lowest BCUT2D eigenvalue weighted by Crippen LogP contribution is -2.22. The molecule has 0 aromatic heterocycles. The summed E-state index contributed by atoms with van der Waals surface area (Å²) >= 11 is 0. The average Bonchev–Trinajstić information content (AvgIpc) is 2.38. The van der Waals surface area contributed by atoms with E-state index in [2.05, 4.69) is 0 Å². The Bertz CT molecular complexity index is 440. The van der Waals surface area contributed by atoms with E-state index in [1.807, 2.05) is 51.1 Å². The minimum atomic E-state index is -0.713. The van der Waals surface area contributed by atoms with E-state index >= 15 is 0 Å². The molecule has 0 heterocycles. The highest BCUT2D eigenvalue weighted by molar-refractivity contribution is 5.66. The van der Waals surface area contributed by atoms with Crippen LogP contribution in [0.4, 0.5) is 0 Å². The standard InChI is InChI=1S/C16H22O2/c1-4-16(18,5-2)11-7-8-13(3)14-9-6-10-15(17)12-14/h6-12,17-18H,4-5H2,1-3H3. The second-order valence-electron chi connectivity index (χ2n) is 4.57. The maximum absolute atomic E-state index is 10.1. The fourth-order valence-corrected chi connectivity index (χ4v) is 1.70. The maximum Gasteiger partial charge on any atom is 0.116 e. The van der Waals surface area contributed by atoms with Gasteiger partial charge in [0.05, 0.1) is 5.60 Å². The van der Waals surface area contributed by atoms with E-state index in [1.54, 1.807) is 12.1 Å². The lowest BCUT2D eigenvalue weighted by atomic mass is 9.96. The average molecular weight is 246 g/mol. The summed E-state index contributed by atoms with van der Waals surface area (Å²) in [4.78, 5) is 0. The summed E-state index contributed by atoms with van der Waals surface area (Å²) in [6, 6.07) is 7.15. The fourth-order valence-electron chi connectivity index (χ4n) is 1.70. The Morgan fingerprint density at radius 1 is 1.28 bits per heavy atom. The topological polar surface area (TPSA) is 40.5 Å². The van der Waals surface area contributed by atoms with Crippen LogP contribution in [0.25, 0.3) is 5.57 Å². The quantitative estimate of drug-likeness (QED) is 0.773. The van der Waals surface area contributed by atoms with Gasteiger partial charge >= 0.3 is 0 Å². The van der Waals surface area contributed by atoms with Crippen LogP contribution in [-0.4, -0.2) is 15.8 Å². The number of rotatable bonds is 5. The number of aromatic hydroxyl groups is 1. The van der Waals surface area contributed by atoms with Crippen molar-refractivity contribution in [1.29, 1.82) is 0 Å². The number of allylic oxidation sites excluding steroid dienone is 3. The van der Waals surface area contributed by atoms with Crippen LogP contribution in [0, 0.1) is 0 Å². The van der Waals surface area contributed by atoms with Gasteiger partial charge in [-0.25, -0.2) is 0 Å². The molecule has 1 rings (SSSR count). The smallest absolute Gasteiger partial charge is 0.116 e. The molecule has 2 N–H and O–H groups in total. The van der Waals surface area contributed by atoms with Crippen molar-refractivity contribution in [3.63, 3.8) is 0 Å². The number of hydrogen-bond donors (Lipinski definition) is 2. The summed E-state index contributed by atoms with van der Waals surface area (Å²) in [7, 11) is 0. The molecular weight excluding hydrogens is 224 g/mol. The summed E-state index contributed by atoms with van der Waals surface area (Å²) in [6.45, 7) is 5.93. The van der Waals surface area contributed by atoms with Gasteiger partial charge in [0.15, 0.2) is 0 Å². The number of benzene rings is 1. The first kappa shape index (κ1) is 14.5. The molecule has 1 aromatic rings. The van der Waals surface area contributed by atoms with E-state index in [1.165, 1.54) is 0 Å². The van der Waals surface area contributed by atoms with Gasteiger partial charge in [-0.3, -0.25) is 0 Å². The summed E-state index contributed by atoms with van der Waals surface area (Å²) in [6.07, 6.45) is 7.08. The SMILES string of the molecule is CCC(O)(C=CC=C(C)c1cccc(O)c1)CC. The highest BCUT2D eigenvalue weighted by Crippen LogP contribution is 2.20. The number of phenolic OH excluding ortho intramolecular Hbond substituents is 1. The second-order valence-corrected chi connectivity index (χ2v) is 4.57. The zero-order valence-electron chi connectivity index (χ0n) is 11.4. The van der Waals surface area contributed by atoms with Crippen molar-refractivity contribution >= 4 is 5.57 Å². The predicted octanol–water partition coefficient (Wildman–Crippen LogP) is 3.90. The van der Waals surface area contributed by atoms with Gasteiger partial charge < -0.3 is 10.2 Å². The highest BCUT2D eigenvalue weighted by Gasteiger charge is 2.16. The minimum absolute atomic E-state index is 0.267. The molecule has 0 spiro atoms. The molecule has 0 aliphatic carbocycles. The minimum Gasteiger partial charge on any atom is -0.508 e. The number of hydrogen-bond acceptors (Lipinski definition) is 2. The van der Waals surface area contributed by atoms with Crippen molar-refractivity contribution in [1.82, 2.24) is 0 Å². The monoisotopic (exact) mass is 246 g/mol. The summed E-state index contributed by atoms with van der Waals surface area (Å²) in [5.74, 6) is 0.267. The van der Waals surface area contributed by atoms with Gasteiger partial charge in [-0.15, -0.1) is 0 Å². The zero-order valence-corrected chi connectivity index (χ0v) is 11.4. The molecule has 98 valence electrons. The van der Waals surface area contributed by atoms with E-state index in [0.717, 1.165) is 11.1 Å². The lowest BCUT2D eigenvalue weighted by molar-refractivity contribution is 0.0828. The van der Waals surface area contributed by atoms with Crippen LogP contribution in [0.2, 0.25) is 0 Å². The fraction of sp³-hybridized carbons (Fsp3) is 0.375. The summed E-state index contributed by atoms with van der Waals surface area (Å²) in [5, 5.41) is 19.5. The molecule has 0 radical (unpaired) electrons. The third-order valence-electron chi connectivity index (χ3n) is 3.28. The van der Waals surface area contributed by atoms with Crippen LogP contribution in [0.15, 0.2) is 42.5 Å². The molecule has 2 nitrogen and oxygen atoms in total. The second kappa shape index (κ2) is 6.41. The van der Waals surface area contributed by atoms with Crippen molar-refractivity contribution < 1.29 is 10.2 Å². The van der Waals surface area contributed by atoms with Crippen LogP contribution in [0.3, 0.4) is 0 Å². The molecule has 0 saturated carbocycles. The summed E-state index contributed by atoms with van der Waals surface area (Å²) < 4.78 is 0. The van der Waals surface area contributed by atoms with Crippen molar-refractivity contribution in [2.24, 2.45) is 0 Å². The molecule has 0 aliphatic rings. The van der Waals surface area contributed by atoms with Crippen LogP contribution in [0.5, 0.6) is 5.75 Å². The van der Waals surface area contributed by atoms with E-state index in [0.29, 0.717) is 12.8 Å². The Morgan fingerprint density at radius 3 is 2.50 bits per heavy atom. The van der Waals surface area contributed by atoms with Gasteiger partial charge in [-0.05, 0) is 43.0 Å². The van der Waals surface area contributed by atoms with Crippen molar-refractivity contribution in [2.75, 3.05) is 0 Å². The van der Waals surface area contributed by atoms with Crippen molar-refractivity contribution in [3.8, 4) is 5.75 Å². The first-order valence-corrected chi connectivity index (χ1v) is 6.38. The normalized spacial score (nSPS) is 13.2. The number of phenols is 1. The molecule has 0 saturated heterocycles. The van der Waals surface area contributed by atoms with Crippen LogP contribution in [0.1, 0.15) is 39.2 Å². The Hall–Kier alpha value is -1.54. The Labute approximate surface area is 109 Å². The predicted molar refractivity (Wildman–Crippen MR) is 76.4 cm³/mol. The van der Waals surface area contributed by atoms with Gasteiger partial charge in [0.1, 0.15) is 5.75 Å². The van der Waals surface area contributed by atoms with Crippen LogP contribution in [-0.2, 0) is 0 Å². The first-order valence-electron chi connectivity index (χ1n) is 6.38. The molecule has 1 aromatic carbocycles.